The quantitative estimate of drug-likeness (QED) is 0.915. The molecular weight excluding hydrogens is 276 g/mol. The summed E-state index contributed by atoms with van der Waals surface area (Å²) in [7, 11) is -3.79. The summed E-state index contributed by atoms with van der Waals surface area (Å²) in [6.07, 6.45) is 0. The molecule has 1 heterocycles. The maximum atomic E-state index is 12.2. The van der Waals surface area contributed by atoms with Crippen molar-refractivity contribution in [1.29, 1.82) is 0 Å². The van der Waals surface area contributed by atoms with Crippen LogP contribution in [0.1, 0.15) is 17.0 Å². The number of aromatic nitrogens is 2. The Kier molecular flexibility index (Phi) is 4.01. The fourth-order valence-electron chi connectivity index (χ4n) is 1.74. The second-order valence-electron chi connectivity index (χ2n) is 4.41. The lowest BCUT2D eigenvalue weighted by Gasteiger charge is -2.15. The van der Waals surface area contributed by atoms with Gasteiger partial charge in [0.05, 0.1) is 11.4 Å². The maximum Gasteiger partial charge on any atom is 0.229 e. The Balaban J connectivity index is 2.30. The van der Waals surface area contributed by atoms with E-state index in [9.17, 15) is 8.42 Å². The topological polar surface area (TPSA) is 102 Å². The molecule has 2 rings (SSSR count). The fourth-order valence-corrected chi connectivity index (χ4v) is 2.62. The molecule has 1 aromatic heterocycles. The number of quaternary nitrogens is 1. The highest BCUT2D eigenvalue weighted by molar-refractivity contribution is 7.94. The molecule has 0 saturated carbocycles. The average Bonchev–Trinajstić information content (AvgIpc) is 2.37. The third-order valence-corrected chi connectivity index (χ3v) is 3.95. The summed E-state index contributed by atoms with van der Waals surface area (Å²) in [5.41, 5.74) is 6.07. The van der Waals surface area contributed by atoms with Crippen LogP contribution in [0.15, 0.2) is 35.2 Å². The van der Waals surface area contributed by atoms with Crippen LogP contribution in [0.5, 0.6) is 0 Å². The third kappa shape index (κ3) is 3.31. The summed E-state index contributed by atoms with van der Waals surface area (Å²) in [5.74, 6) is -0.0382. The molecule has 0 unspecified atom stereocenters. The van der Waals surface area contributed by atoms with Crippen molar-refractivity contribution in [2.24, 2.45) is 0 Å². The molecule has 7 heteroatoms. The Bertz CT molecular complexity index is 691. The van der Waals surface area contributed by atoms with Gasteiger partial charge in [0.2, 0.25) is 10.0 Å². The van der Waals surface area contributed by atoms with Gasteiger partial charge in [-0.2, -0.15) is 0 Å². The summed E-state index contributed by atoms with van der Waals surface area (Å²) in [6.45, 7) is 4.14. The molecule has 6 nitrogen and oxygen atoms in total. The first-order valence-corrected chi connectivity index (χ1v) is 7.53. The Labute approximate surface area is 118 Å². The Morgan fingerprint density at radius 1 is 1.10 bits per heavy atom. The molecule has 0 fully saturated rings. The molecule has 0 bridgehead atoms. The summed E-state index contributed by atoms with van der Waals surface area (Å²) in [6, 6.07) is 8.23. The molecule has 3 N–H and O–H groups in total. The molecule has 0 amide bonds. The maximum absolute atomic E-state index is 12.2. The summed E-state index contributed by atoms with van der Waals surface area (Å²) < 4.78 is 28.0. The molecule has 0 aliphatic heterocycles. The fraction of sp³-hybridized carbons (Fsp3) is 0.231. The SMILES string of the molecule is Cc1cc(C)nc([N-]S(=O)(=O)c2ccc(C[NH3+])cc2)n1. The predicted octanol–water partition coefficient (Wildman–Crippen LogP) is 1.23. The lowest BCUT2D eigenvalue weighted by atomic mass is 10.2. The van der Waals surface area contributed by atoms with Gasteiger partial charge in [0.25, 0.3) is 0 Å². The third-order valence-electron chi connectivity index (χ3n) is 2.68. The van der Waals surface area contributed by atoms with E-state index < -0.39 is 10.0 Å². The van der Waals surface area contributed by atoms with Crippen molar-refractivity contribution in [1.82, 2.24) is 9.97 Å². The van der Waals surface area contributed by atoms with Gasteiger partial charge in [-0.05, 0) is 37.4 Å². The zero-order valence-electron chi connectivity index (χ0n) is 11.4. The van der Waals surface area contributed by atoms with Crippen LogP contribution in [-0.2, 0) is 16.6 Å². The van der Waals surface area contributed by atoms with Gasteiger partial charge in [0, 0.05) is 11.5 Å². The number of aryl methyl sites for hydroxylation is 2. The molecule has 0 spiro atoms. The molecule has 1 aromatic carbocycles. The van der Waals surface area contributed by atoms with Gasteiger partial charge in [0.1, 0.15) is 0 Å². The lowest BCUT2D eigenvalue weighted by molar-refractivity contribution is -0.386. The van der Waals surface area contributed by atoms with Crippen molar-refractivity contribution < 1.29 is 14.2 Å². The standard InChI is InChI=1S/C13H15N4O2S/c1-9-7-10(2)16-13(15-9)17-20(18,19)12-5-3-11(8-14)4-6-12/h3-7H,8,14H2,1-2H3/q-1/p+1. The molecule has 0 radical (unpaired) electrons. The van der Waals surface area contributed by atoms with Crippen LogP contribution in [0.25, 0.3) is 4.72 Å². The van der Waals surface area contributed by atoms with E-state index >= 15 is 0 Å². The number of benzene rings is 1. The lowest BCUT2D eigenvalue weighted by Crippen LogP contribution is -2.47. The van der Waals surface area contributed by atoms with Crippen LogP contribution in [-0.4, -0.2) is 18.4 Å². The van der Waals surface area contributed by atoms with Gasteiger partial charge < -0.3 is 15.7 Å². The monoisotopic (exact) mass is 292 g/mol. The van der Waals surface area contributed by atoms with E-state index in [1.807, 2.05) is 0 Å². The van der Waals surface area contributed by atoms with Crippen LogP contribution in [0, 0.1) is 13.8 Å². The Morgan fingerprint density at radius 3 is 2.15 bits per heavy atom. The van der Waals surface area contributed by atoms with E-state index in [2.05, 4.69) is 20.4 Å². The van der Waals surface area contributed by atoms with E-state index in [0.717, 1.165) is 5.56 Å². The van der Waals surface area contributed by atoms with Gasteiger partial charge in [-0.3, -0.25) is 4.72 Å². The Morgan fingerprint density at radius 2 is 1.65 bits per heavy atom. The zero-order valence-corrected chi connectivity index (χ0v) is 12.2. The molecule has 0 atom stereocenters. The minimum atomic E-state index is -3.79. The van der Waals surface area contributed by atoms with Crippen molar-refractivity contribution in [2.45, 2.75) is 25.3 Å². The number of hydrogen-bond acceptors (Lipinski definition) is 4. The van der Waals surface area contributed by atoms with E-state index in [0.29, 0.717) is 17.9 Å². The van der Waals surface area contributed by atoms with E-state index in [4.69, 9.17) is 0 Å². The van der Waals surface area contributed by atoms with Gasteiger partial charge in [0.15, 0.2) is 0 Å². The van der Waals surface area contributed by atoms with E-state index in [1.165, 1.54) is 12.1 Å². The molecule has 2 aromatic rings. The van der Waals surface area contributed by atoms with Crippen LogP contribution < -0.4 is 5.73 Å². The van der Waals surface area contributed by atoms with Crippen molar-refractivity contribution in [3.8, 4) is 0 Å². The van der Waals surface area contributed by atoms with Gasteiger partial charge >= 0.3 is 0 Å². The average molecular weight is 292 g/mol. The highest BCUT2D eigenvalue weighted by Crippen LogP contribution is 2.24. The Hall–Kier alpha value is -1.99. The zero-order chi connectivity index (χ0) is 14.8. The summed E-state index contributed by atoms with van der Waals surface area (Å²) in [5, 5.41) is 0. The van der Waals surface area contributed by atoms with Gasteiger partial charge in [-0.15, -0.1) is 0 Å². The highest BCUT2D eigenvalue weighted by atomic mass is 32.2. The van der Waals surface area contributed by atoms with Crippen molar-refractivity contribution >= 4 is 16.0 Å². The second kappa shape index (κ2) is 5.56. The summed E-state index contributed by atoms with van der Waals surface area (Å²) >= 11 is 0. The van der Waals surface area contributed by atoms with Crippen LogP contribution in [0.3, 0.4) is 0 Å². The van der Waals surface area contributed by atoms with Crippen molar-refractivity contribution in [3.05, 3.63) is 52.0 Å². The van der Waals surface area contributed by atoms with Crippen LogP contribution in [0.4, 0.5) is 5.95 Å². The van der Waals surface area contributed by atoms with Gasteiger partial charge in [-0.25, -0.2) is 8.42 Å². The second-order valence-corrected chi connectivity index (χ2v) is 6.02. The van der Waals surface area contributed by atoms with E-state index in [-0.39, 0.29) is 10.8 Å². The molecule has 0 aliphatic rings. The predicted molar refractivity (Wildman–Crippen MR) is 74.7 cm³/mol. The van der Waals surface area contributed by atoms with Crippen LogP contribution >= 0.6 is 0 Å². The van der Waals surface area contributed by atoms with Crippen molar-refractivity contribution in [3.63, 3.8) is 0 Å². The molecule has 0 saturated heterocycles. The number of nitrogens with zero attached hydrogens (tertiary/aromatic N) is 3. The minimum Gasteiger partial charge on any atom is -0.363 e. The van der Waals surface area contributed by atoms with E-state index in [1.54, 1.807) is 32.0 Å². The smallest absolute Gasteiger partial charge is 0.229 e. The molecule has 0 aliphatic carbocycles. The van der Waals surface area contributed by atoms with Crippen molar-refractivity contribution in [2.75, 3.05) is 0 Å². The van der Waals surface area contributed by atoms with Gasteiger partial charge in [-0.1, -0.05) is 18.2 Å². The minimum absolute atomic E-state index is 0.0382. The molecule has 106 valence electrons. The normalized spacial score (nSPS) is 11.3. The highest BCUT2D eigenvalue weighted by Gasteiger charge is 2.11. The first-order valence-electron chi connectivity index (χ1n) is 6.09. The van der Waals surface area contributed by atoms with Crippen LogP contribution in [0.2, 0.25) is 0 Å². The molecular formula is C13H16N4O2S. The largest absolute Gasteiger partial charge is 0.363 e. The molecule has 20 heavy (non-hydrogen) atoms. The number of sulfonamides is 1. The number of rotatable bonds is 4. The number of hydrogen-bond donors (Lipinski definition) is 1. The first-order chi connectivity index (χ1) is 9.40. The first kappa shape index (κ1) is 14.4. The summed E-state index contributed by atoms with van der Waals surface area (Å²) in [4.78, 5) is 8.15.